The van der Waals surface area contributed by atoms with Crippen molar-refractivity contribution in [3.8, 4) is 0 Å². The van der Waals surface area contributed by atoms with E-state index in [2.05, 4.69) is 93.7 Å². The van der Waals surface area contributed by atoms with Crippen molar-refractivity contribution in [2.75, 3.05) is 13.2 Å². The second-order valence-electron chi connectivity index (χ2n) is 21.7. The van der Waals surface area contributed by atoms with Crippen LogP contribution in [0, 0.1) is 0 Å². The number of carboxylic acid groups (broad SMARTS) is 1. The minimum Gasteiger partial charge on any atom is -0.479 e. The van der Waals surface area contributed by atoms with Gasteiger partial charge in [0, 0.05) is 19.3 Å². The molecular formula is C67H114O12. The number of carbonyl (C=O) groups excluding carboxylic acids is 3. The van der Waals surface area contributed by atoms with Crippen molar-refractivity contribution in [3.63, 3.8) is 0 Å². The van der Waals surface area contributed by atoms with E-state index in [0.717, 1.165) is 122 Å². The number of rotatable bonds is 54. The van der Waals surface area contributed by atoms with Crippen LogP contribution in [-0.4, -0.2) is 89.2 Å². The summed E-state index contributed by atoms with van der Waals surface area (Å²) in [5.41, 5.74) is 0. The Morgan fingerprint density at radius 1 is 0.430 bits per heavy atom. The van der Waals surface area contributed by atoms with E-state index in [9.17, 15) is 34.5 Å². The zero-order valence-corrected chi connectivity index (χ0v) is 50.1. The number of carbonyl (C=O) groups is 4. The van der Waals surface area contributed by atoms with Crippen LogP contribution in [0.4, 0.5) is 0 Å². The third-order valence-electron chi connectivity index (χ3n) is 14.3. The van der Waals surface area contributed by atoms with Gasteiger partial charge in [-0.3, -0.25) is 14.4 Å². The Morgan fingerprint density at radius 2 is 0.797 bits per heavy atom. The quantitative estimate of drug-likeness (QED) is 0.0228. The van der Waals surface area contributed by atoms with Gasteiger partial charge < -0.3 is 39.0 Å². The van der Waals surface area contributed by atoms with Crippen molar-refractivity contribution in [1.82, 2.24) is 0 Å². The summed E-state index contributed by atoms with van der Waals surface area (Å²) in [5.74, 6) is -3.16. The van der Waals surface area contributed by atoms with Crippen molar-refractivity contribution >= 4 is 23.9 Å². The van der Waals surface area contributed by atoms with Gasteiger partial charge in [-0.05, 0) is 89.9 Å². The summed E-state index contributed by atoms with van der Waals surface area (Å²) in [6.07, 6.45) is 57.1. The molecule has 1 aliphatic heterocycles. The lowest BCUT2D eigenvalue weighted by Gasteiger charge is -2.40. The van der Waals surface area contributed by atoms with E-state index in [1.807, 2.05) is 0 Å². The molecule has 0 bridgehead atoms. The van der Waals surface area contributed by atoms with Crippen LogP contribution in [0.15, 0.2) is 72.9 Å². The molecule has 1 aliphatic rings. The predicted molar refractivity (Wildman–Crippen MR) is 322 cm³/mol. The largest absolute Gasteiger partial charge is 0.479 e. The molecule has 1 rings (SSSR count). The molecule has 1 fully saturated rings. The van der Waals surface area contributed by atoms with Gasteiger partial charge in [0.25, 0.3) is 0 Å². The minimum atomic E-state index is -1.91. The third-order valence-corrected chi connectivity index (χ3v) is 14.3. The number of allylic oxidation sites excluding steroid dienone is 12. The van der Waals surface area contributed by atoms with Gasteiger partial charge in [-0.2, -0.15) is 0 Å². The van der Waals surface area contributed by atoms with Crippen molar-refractivity contribution in [2.24, 2.45) is 0 Å². The second kappa shape index (κ2) is 54.7. The molecule has 0 amide bonds. The highest BCUT2D eigenvalue weighted by Gasteiger charge is 2.50. The van der Waals surface area contributed by atoms with Gasteiger partial charge in [0.1, 0.15) is 18.8 Å². The van der Waals surface area contributed by atoms with Crippen LogP contribution in [0.1, 0.15) is 278 Å². The van der Waals surface area contributed by atoms with E-state index in [4.69, 9.17) is 23.7 Å². The molecule has 6 atom stereocenters. The van der Waals surface area contributed by atoms with Crippen molar-refractivity contribution in [1.29, 1.82) is 0 Å². The van der Waals surface area contributed by atoms with E-state index < -0.39 is 67.3 Å². The fourth-order valence-corrected chi connectivity index (χ4v) is 9.39. The van der Waals surface area contributed by atoms with Gasteiger partial charge in [-0.25, -0.2) is 4.79 Å². The van der Waals surface area contributed by atoms with Crippen LogP contribution in [0.3, 0.4) is 0 Å². The number of hydrogen-bond donors (Lipinski definition) is 3. The summed E-state index contributed by atoms with van der Waals surface area (Å²) < 4.78 is 28.5. The molecule has 6 unspecified atom stereocenters. The first-order chi connectivity index (χ1) is 38.6. The minimum absolute atomic E-state index is 0.0582. The Balaban J connectivity index is 2.68. The monoisotopic (exact) mass is 1110 g/mol. The van der Waals surface area contributed by atoms with Gasteiger partial charge in [0.2, 0.25) is 0 Å². The molecule has 1 saturated heterocycles. The number of unbranched alkanes of at least 4 members (excludes halogenated alkanes) is 28. The Kier molecular flexibility index (Phi) is 50.7. The predicted octanol–water partition coefficient (Wildman–Crippen LogP) is 16.9. The Morgan fingerprint density at radius 3 is 1.24 bits per heavy atom. The highest BCUT2D eigenvalue weighted by Crippen LogP contribution is 2.27. The summed E-state index contributed by atoms with van der Waals surface area (Å²) in [5, 5.41) is 31.6. The third kappa shape index (κ3) is 44.5. The zero-order valence-electron chi connectivity index (χ0n) is 50.1. The van der Waals surface area contributed by atoms with Gasteiger partial charge in [0.15, 0.2) is 24.6 Å². The summed E-state index contributed by atoms with van der Waals surface area (Å²) in [4.78, 5) is 51.3. The van der Waals surface area contributed by atoms with Gasteiger partial charge >= 0.3 is 23.9 Å². The molecule has 0 aromatic heterocycles. The first kappa shape index (κ1) is 73.2. The Hall–Kier alpha value is -3.84. The van der Waals surface area contributed by atoms with E-state index in [-0.39, 0.29) is 25.9 Å². The topological polar surface area (TPSA) is 175 Å². The van der Waals surface area contributed by atoms with Crippen molar-refractivity contribution in [2.45, 2.75) is 314 Å². The molecule has 0 aromatic carbocycles. The van der Waals surface area contributed by atoms with Crippen LogP contribution in [0.5, 0.6) is 0 Å². The maximum Gasteiger partial charge on any atom is 0.335 e. The standard InChI is InChI=1S/C67H114O12/c1-4-7-10-13-16-19-22-25-28-30-33-35-38-41-44-47-50-53-59(68)75-56-58(77-60(69)54-51-48-45-42-39-36-32-27-24-21-18-15-12-9-6-3)57-76-67-65(63(72)62(71)64(79-67)66(73)74)78-61(70)55-52-49-46-43-40-37-34-31-29-26-23-20-17-14-11-8-5-2/h7,10,16,18-19,21,25,27-28,32-33,35,58,62-65,67,71-72H,4-6,8-9,11-15,17,20,22-24,26,29-31,34,36-57H2,1-3H3,(H,73,74)/b10-7-,19-16-,21-18-,28-25-,32-27-,35-33-. The number of ether oxygens (including phenoxy) is 5. The molecule has 0 aliphatic carbocycles. The molecule has 79 heavy (non-hydrogen) atoms. The molecular weight excluding hydrogens is 997 g/mol. The maximum absolute atomic E-state index is 13.2. The summed E-state index contributed by atoms with van der Waals surface area (Å²) in [6.45, 7) is 5.85. The highest BCUT2D eigenvalue weighted by molar-refractivity contribution is 5.74. The first-order valence-electron chi connectivity index (χ1n) is 31.9. The Labute approximate surface area is 480 Å². The summed E-state index contributed by atoms with van der Waals surface area (Å²) >= 11 is 0. The normalized spacial score (nSPS) is 18.3. The molecule has 454 valence electrons. The fraction of sp³-hybridized carbons (Fsp3) is 0.761. The molecule has 0 radical (unpaired) electrons. The molecule has 0 aromatic rings. The summed E-state index contributed by atoms with van der Waals surface area (Å²) in [6, 6.07) is 0. The lowest BCUT2D eigenvalue weighted by molar-refractivity contribution is -0.301. The molecule has 12 heteroatoms. The van der Waals surface area contributed by atoms with E-state index in [1.165, 1.54) is 96.3 Å². The van der Waals surface area contributed by atoms with Gasteiger partial charge in [0.05, 0.1) is 6.61 Å². The van der Waals surface area contributed by atoms with Crippen LogP contribution < -0.4 is 0 Å². The van der Waals surface area contributed by atoms with Crippen molar-refractivity contribution < 1.29 is 58.2 Å². The maximum atomic E-state index is 13.2. The number of aliphatic carboxylic acids is 1. The fourth-order valence-electron chi connectivity index (χ4n) is 9.39. The SMILES string of the molecule is CC/C=C\C/C=C\C/C=C\C/C=C\CCCCCCC(=O)OCC(COC1OC(C(=O)O)C(O)C(O)C1OC(=O)CCCCCCCCCCCCCCCCCCC)OC(=O)CCCCCCC/C=C\C/C=C\CCCCC. The number of carboxylic acids is 1. The van der Waals surface area contributed by atoms with E-state index in [0.29, 0.717) is 19.3 Å². The molecule has 1 heterocycles. The number of aliphatic hydroxyl groups excluding tert-OH is 2. The van der Waals surface area contributed by atoms with Gasteiger partial charge in [-0.1, -0.05) is 241 Å². The Bertz CT molecular complexity index is 1650. The number of hydrogen-bond acceptors (Lipinski definition) is 11. The average Bonchev–Trinajstić information content (AvgIpc) is 3.47. The summed E-state index contributed by atoms with van der Waals surface area (Å²) in [7, 11) is 0. The van der Waals surface area contributed by atoms with Gasteiger partial charge in [-0.15, -0.1) is 0 Å². The number of aliphatic hydroxyl groups is 2. The number of esters is 3. The van der Waals surface area contributed by atoms with Crippen molar-refractivity contribution in [3.05, 3.63) is 72.9 Å². The lowest BCUT2D eigenvalue weighted by Crippen LogP contribution is -2.61. The van der Waals surface area contributed by atoms with Crippen LogP contribution in [0.2, 0.25) is 0 Å². The second-order valence-corrected chi connectivity index (χ2v) is 21.7. The first-order valence-corrected chi connectivity index (χ1v) is 31.9. The van der Waals surface area contributed by atoms with E-state index >= 15 is 0 Å². The van der Waals surface area contributed by atoms with E-state index in [1.54, 1.807) is 0 Å². The average molecular weight is 1110 g/mol. The molecule has 12 nitrogen and oxygen atoms in total. The highest BCUT2D eigenvalue weighted by atomic mass is 16.7. The molecule has 0 spiro atoms. The zero-order chi connectivity index (χ0) is 57.5. The van der Waals surface area contributed by atoms with Crippen LogP contribution in [0.25, 0.3) is 0 Å². The smallest absolute Gasteiger partial charge is 0.335 e. The van der Waals surface area contributed by atoms with Crippen LogP contribution in [-0.2, 0) is 42.9 Å². The van der Waals surface area contributed by atoms with Crippen LogP contribution >= 0.6 is 0 Å². The lowest BCUT2D eigenvalue weighted by atomic mass is 9.98. The molecule has 3 N–H and O–H groups in total. The molecule has 0 saturated carbocycles.